The van der Waals surface area contributed by atoms with Crippen LogP contribution < -0.4 is 5.63 Å². The number of aromatic nitrogens is 1. The zero-order valence-electron chi connectivity index (χ0n) is 7.53. The summed E-state index contributed by atoms with van der Waals surface area (Å²) in [5.74, 6) is -1.22. The normalized spacial score (nSPS) is 10.3. The van der Waals surface area contributed by atoms with Gasteiger partial charge in [0, 0.05) is 7.05 Å². The van der Waals surface area contributed by atoms with Crippen molar-refractivity contribution < 1.29 is 14.4 Å². The second kappa shape index (κ2) is 3.47. The molecule has 1 N–H and O–H groups in total. The number of rotatable bonds is 3. The van der Waals surface area contributed by atoms with Gasteiger partial charge in [0.1, 0.15) is 0 Å². The molecule has 0 atom stereocenters. The van der Waals surface area contributed by atoms with E-state index in [0.29, 0.717) is 12.1 Å². The Kier molecular flexibility index (Phi) is 2.55. The number of aromatic carboxylic acids is 1. The Balaban J connectivity index is 3.29. The number of hydrogen-bond acceptors (Lipinski definition) is 3. The number of carbonyl (C=O) groups is 1. The molecule has 1 heterocycles. The third-order valence-corrected chi connectivity index (χ3v) is 1.79. The maximum absolute atomic E-state index is 11.0. The van der Waals surface area contributed by atoms with E-state index in [1.54, 1.807) is 0 Å². The zero-order chi connectivity index (χ0) is 10.0. The number of nitrogens with zero attached hydrogens (tertiary/aromatic N) is 1. The highest BCUT2D eigenvalue weighted by molar-refractivity contribution is 5.88. The first kappa shape index (κ1) is 9.57. The Hall–Kier alpha value is -1.52. The topological polar surface area (TPSA) is 72.4 Å². The van der Waals surface area contributed by atoms with Gasteiger partial charge >= 0.3 is 11.6 Å². The van der Waals surface area contributed by atoms with Crippen LogP contribution in [0.2, 0.25) is 0 Å². The molecule has 0 amide bonds. The van der Waals surface area contributed by atoms with Crippen LogP contribution in [0.25, 0.3) is 0 Å². The summed E-state index contributed by atoms with van der Waals surface area (Å²) in [5, 5.41) is 8.71. The van der Waals surface area contributed by atoms with E-state index in [2.05, 4.69) is 4.52 Å². The highest BCUT2D eigenvalue weighted by atomic mass is 16.5. The molecule has 0 aliphatic heterocycles. The summed E-state index contributed by atoms with van der Waals surface area (Å²) in [5.41, 5.74) is -0.581. The van der Waals surface area contributed by atoms with Crippen molar-refractivity contribution in [2.24, 2.45) is 7.05 Å². The quantitative estimate of drug-likeness (QED) is 0.749. The lowest BCUT2D eigenvalue weighted by Gasteiger charge is -1.97. The van der Waals surface area contributed by atoms with Crippen LogP contribution in [0.4, 0.5) is 0 Å². The van der Waals surface area contributed by atoms with Crippen LogP contribution >= 0.6 is 0 Å². The monoisotopic (exact) mass is 185 g/mol. The van der Waals surface area contributed by atoms with E-state index in [1.165, 1.54) is 11.8 Å². The van der Waals surface area contributed by atoms with Gasteiger partial charge in [0.15, 0.2) is 5.56 Å². The van der Waals surface area contributed by atoms with Crippen LogP contribution in [0.3, 0.4) is 0 Å². The summed E-state index contributed by atoms with van der Waals surface area (Å²) in [4.78, 5) is 21.7. The molecule has 0 saturated carbocycles. The first-order valence-corrected chi connectivity index (χ1v) is 4.00. The Morgan fingerprint density at radius 2 is 2.23 bits per heavy atom. The van der Waals surface area contributed by atoms with Crippen molar-refractivity contribution in [1.29, 1.82) is 0 Å². The van der Waals surface area contributed by atoms with Crippen LogP contribution in [0.1, 0.15) is 29.4 Å². The molecule has 0 fully saturated rings. The van der Waals surface area contributed by atoms with Crippen molar-refractivity contribution in [3.63, 3.8) is 0 Å². The molecular formula is C8H11NO4. The molecule has 0 spiro atoms. The molecule has 0 radical (unpaired) electrons. The van der Waals surface area contributed by atoms with Crippen molar-refractivity contribution in [1.82, 2.24) is 4.74 Å². The molecule has 1 aromatic rings. The van der Waals surface area contributed by atoms with Gasteiger partial charge < -0.3 is 9.63 Å². The fraction of sp³-hybridized carbons (Fsp3) is 0.500. The van der Waals surface area contributed by atoms with Crippen molar-refractivity contribution >= 4 is 5.97 Å². The van der Waals surface area contributed by atoms with Crippen molar-refractivity contribution in [2.45, 2.75) is 19.8 Å². The molecule has 13 heavy (non-hydrogen) atoms. The summed E-state index contributed by atoms with van der Waals surface area (Å²) < 4.78 is 5.86. The van der Waals surface area contributed by atoms with Gasteiger partial charge in [-0.25, -0.2) is 14.3 Å². The highest BCUT2D eigenvalue weighted by Gasteiger charge is 2.20. The van der Waals surface area contributed by atoms with Crippen LogP contribution in [-0.2, 0) is 13.5 Å². The Labute approximate surface area is 74.5 Å². The summed E-state index contributed by atoms with van der Waals surface area (Å²) in [6.07, 6.45) is 1.30. The maximum atomic E-state index is 11.0. The fourth-order valence-electron chi connectivity index (χ4n) is 1.23. The number of carboxylic acid groups (broad SMARTS) is 1. The second-order valence-corrected chi connectivity index (χ2v) is 2.75. The van der Waals surface area contributed by atoms with E-state index in [4.69, 9.17) is 5.11 Å². The molecule has 0 bridgehead atoms. The van der Waals surface area contributed by atoms with Gasteiger partial charge in [-0.1, -0.05) is 13.3 Å². The van der Waals surface area contributed by atoms with Crippen molar-refractivity contribution in [3.8, 4) is 0 Å². The van der Waals surface area contributed by atoms with Gasteiger partial charge in [-0.15, -0.1) is 0 Å². The molecular weight excluding hydrogens is 174 g/mol. The van der Waals surface area contributed by atoms with Gasteiger partial charge in [-0.3, -0.25) is 0 Å². The molecule has 0 aliphatic carbocycles. The second-order valence-electron chi connectivity index (χ2n) is 2.75. The van der Waals surface area contributed by atoms with E-state index in [9.17, 15) is 9.59 Å². The Morgan fingerprint density at radius 1 is 1.62 bits per heavy atom. The molecule has 5 nitrogen and oxygen atoms in total. The minimum atomic E-state index is -1.22. The van der Waals surface area contributed by atoms with Crippen LogP contribution in [0.5, 0.6) is 0 Å². The molecule has 0 aliphatic rings. The molecule has 0 aromatic carbocycles. The van der Waals surface area contributed by atoms with Crippen LogP contribution in [0.15, 0.2) is 9.32 Å². The average molecular weight is 185 g/mol. The van der Waals surface area contributed by atoms with E-state index in [0.717, 1.165) is 6.42 Å². The first-order chi connectivity index (χ1) is 6.07. The summed E-state index contributed by atoms with van der Waals surface area (Å²) in [6.45, 7) is 1.91. The van der Waals surface area contributed by atoms with Gasteiger partial charge in [-0.05, 0) is 6.42 Å². The average Bonchev–Trinajstić information content (AvgIpc) is 2.27. The van der Waals surface area contributed by atoms with Gasteiger partial charge in [0.25, 0.3) is 0 Å². The Bertz CT molecular complexity index is 374. The minimum Gasteiger partial charge on any atom is -0.477 e. The first-order valence-electron chi connectivity index (χ1n) is 4.00. The number of hydrogen-bond donors (Lipinski definition) is 1. The summed E-state index contributed by atoms with van der Waals surface area (Å²) in [7, 11) is 1.53. The highest BCUT2D eigenvalue weighted by Crippen LogP contribution is 2.07. The van der Waals surface area contributed by atoms with E-state index in [1.807, 2.05) is 6.92 Å². The molecule has 72 valence electrons. The zero-order valence-corrected chi connectivity index (χ0v) is 7.53. The molecule has 0 saturated heterocycles. The van der Waals surface area contributed by atoms with Crippen LogP contribution in [-0.4, -0.2) is 15.8 Å². The minimum absolute atomic E-state index is 0.246. The maximum Gasteiger partial charge on any atom is 0.372 e. The van der Waals surface area contributed by atoms with Crippen LogP contribution in [0, 0.1) is 0 Å². The van der Waals surface area contributed by atoms with Gasteiger partial charge in [-0.2, -0.15) is 0 Å². The SMILES string of the molecule is CCCc1c(C(=O)O)c(=O)on1C. The Morgan fingerprint density at radius 3 is 2.69 bits per heavy atom. The number of carboxylic acids is 1. The summed E-state index contributed by atoms with van der Waals surface area (Å²) in [6, 6.07) is 0. The lowest BCUT2D eigenvalue weighted by Crippen LogP contribution is -2.11. The molecule has 1 aromatic heterocycles. The molecule has 0 unspecified atom stereocenters. The predicted molar refractivity (Wildman–Crippen MR) is 44.9 cm³/mol. The van der Waals surface area contributed by atoms with Gasteiger partial charge in [0.05, 0.1) is 5.69 Å². The smallest absolute Gasteiger partial charge is 0.372 e. The standard InChI is InChI=1S/C8H11NO4/c1-3-4-5-6(7(10)11)8(12)13-9(5)2/h3-4H2,1-2H3,(H,10,11). The summed E-state index contributed by atoms with van der Waals surface area (Å²) >= 11 is 0. The van der Waals surface area contributed by atoms with E-state index < -0.39 is 11.6 Å². The third kappa shape index (κ3) is 1.63. The lowest BCUT2D eigenvalue weighted by molar-refractivity contribution is 0.0693. The lowest BCUT2D eigenvalue weighted by atomic mass is 10.1. The fourth-order valence-corrected chi connectivity index (χ4v) is 1.23. The largest absolute Gasteiger partial charge is 0.477 e. The molecule has 1 rings (SSSR count). The van der Waals surface area contributed by atoms with E-state index in [-0.39, 0.29) is 5.56 Å². The van der Waals surface area contributed by atoms with Crippen molar-refractivity contribution in [2.75, 3.05) is 0 Å². The number of aryl methyl sites for hydroxylation is 1. The van der Waals surface area contributed by atoms with Crippen molar-refractivity contribution in [3.05, 3.63) is 21.7 Å². The molecule has 5 heteroatoms. The van der Waals surface area contributed by atoms with E-state index >= 15 is 0 Å². The predicted octanol–water partition coefficient (Wildman–Crippen LogP) is 0.629. The third-order valence-electron chi connectivity index (χ3n) is 1.79. The van der Waals surface area contributed by atoms with Gasteiger partial charge in [0.2, 0.25) is 0 Å².